The van der Waals surface area contributed by atoms with Gasteiger partial charge in [-0.2, -0.15) is 0 Å². The van der Waals surface area contributed by atoms with Crippen LogP contribution in [-0.4, -0.2) is 22.6 Å². The van der Waals surface area contributed by atoms with Crippen LogP contribution in [0.5, 0.6) is 0 Å². The number of aryl methyl sites for hydroxylation is 1. The average molecular weight is 249 g/mol. The summed E-state index contributed by atoms with van der Waals surface area (Å²) in [6, 6.07) is 0.567. The van der Waals surface area contributed by atoms with Crippen molar-refractivity contribution < 1.29 is 0 Å². The Morgan fingerprint density at radius 1 is 1.39 bits per heavy atom. The topological polar surface area (TPSA) is 29.9 Å². The second-order valence-corrected chi connectivity index (χ2v) is 5.60. The second-order valence-electron chi connectivity index (χ2n) is 5.60. The van der Waals surface area contributed by atoms with Gasteiger partial charge in [-0.05, 0) is 38.6 Å². The molecule has 0 radical (unpaired) electrons. The molecular weight excluding hydrogens is 222 g/mol. The van der Waals surface area contributed by atoms with Crippen molar-refractivity contribution in [1.29, 1.82) is 0 Å². The summed E-state index contributed by atoms with van der Waals surface area (Å²) in [6.07, 6.45) is 11.9. The molecule has 0 saturated heterocycles. The van der Waals surface area contributed by atoms with Gasteiger partial charge in [0.1, 0.15) is 5.82 Å². The van der Waals surface area contributed by atoms with Crippen LogP contribution in [0.3, 0.4) is 0 Å². The molecule has 1 heterocycles. The van der Waals surface area contributed by atoms with Crippen LogP contribution in [0, 0.1) is 5.41 Å². The van der Waals surface area contributed by atoms with Crippen molar-refractivity contribution in [2.45, 2.75) is 65.0 Å². The standard InChI is InChI=1S/C15H27N3/c1-4-15(8-6-7-9-15)13(16-3)12-14-17-10-11-18(14)5-2/h10-11,13,16H,4-9,12H2,1-3H3. The van der Waals surface area contributed by atoms with E-state index in [9.17, 15) is 0 Å². The lowest BCUT2D eigenvalue weighted by Gasteiger charge is -2.36. The molecule has 1 aromatic rings. The second kappa shape index (κ2) is 5.87. The monoisotopic (exact) mass is 249 g/mol. The molecule has 18 heavy (non-hydrogen) atoms. The molecule has 1 aliphatic rings. The van der Waals surface area contributed by atoms with Crippen LogP contribution in [-0.2, 0) is 13.0 Å². The molecule has 1 aromatic heterocycles. The van der Waals surface area contributed by atoms with Gasteiger partial charge in [0.2, 0.25) is 0 Å². The molecule has 2 rings (SSSR count). The van der Waals surface area contributed by atoms with E-state index in [1.54, 1.807) is 0 Å². The number of nitrogens with zero attached hydrogens (tertiary/aromatic N) is 2. The van der Waals surface area contributed by atoms with Crippen LogP contribution in [0.1, 0.15) is 51.8 Å². The van der Waals surface area contributed by atoms with E-state index in [4.69, 9.17) is 0 Å². The highest BCUT2D eigenvalue weighted by molar-refractivity contribution is 5.02. The van der Waals surface area contributed by atoms with Crippen LogP contribution < -0.4 is 5.32 Å². The van der Waals surface area contributed by atoms with E-state index in [-0.39, 0.29) is 0 Å². The fourth-order valence-corrected chi connectivity index (χ4v) is 3.65. The van der Waals surface area contributed by atoms with E-state index < -0.39 is 0 Å². The summed E-state index contributed by atoms with van der Waals surface area (Å²) in [6.45, 7) is 5.55. The fraction of sp³-hybridized carbons (Fsp3) is 0.800. The van der Waals surface area contributed by atoms with E-state index in [0.29, 0.717) is 11.5 Å². The highest BCUT2D eigenvalue weighted by atomic mass is 15.1. The predicted octanol–water partition coefficient (Wildman–Crippen LogP) is 3.00. The normalized spacial score (nSPS) is 20.2. The number of hydrogen-bond donors (Lipinski definition) is 1. The molecule has 1 fully saturated rings. The zero-order chi connectivity index (χ0) is 13.0. The maximum atomic E-state index is 4.53. The van der Waals surface area contributed by atoms with Gasteiger partial charge in [-0.15, -0.1) is 0 Å². The van der Waals surface area contributed by atoms with Crippen molar-refractivity contribution in [2.75, 3.05) is 7.05 Å². The lowest BCUT2D eigenvalue weighted by atomic mass is 9.75. The Labute approximate surface area is 111 Å². The molecule has 3 nitrogen and oxygen atoms in total. The van der Waals surface area contributed by atoms with Gasteiger partial charge in [0.15, 0.2) is 0 Å². The lowest BCUT2D eigenvalue weighted by molar-refractivity contribution is 0.189. The third-order valence-corrected chi connectivity index (χ3v) is 4.92. The number of imidazole rings is 1. The summed E-state index contributed by atoms with van der Waals surface area (Å²) in [5, 5.41) is 3.57. The molecule has 0 aromatic carbocycles. The molecule has 1 atom stereocenters. The highest BCUT2D eigenvalue weighted by Gasteiger charge is 2.39. The lowest BCUT2D eigenvalue weighted by Crippen LogP contribution is -2.44. The first kappa shape index (κ1) is 13.6. The third kappa shape index (κ3) is 2.46. The Kier molecular flexibility index (Phi) is 4.44. The molecule has 0 spiro atoms. The van der Waals surface area contributed by atoms with Gasteiger partial charge >= 0.3 is 0 Å². The van der Waals surface area contributed by atoms with Crippen molar-refractivity contribution in [1.82, 2.24) is 14.9 Å². The maximum absolute atomic E-state index is 4.53. The van der Waals surface area contributed by atoms with Crippen molar-refractivity contribution in [2.24, 2.45) is 5.41 Å². The first-order valence-electron chi connectivity index (χ1n) is 7.43. The van der Waals surface area contributed by atoms with Gasteiger partial charge in [-0.25, -0.2) is 4.98 Å². The van der Waals surface area contributed by atoms with Gasteiger partial charge < -0.3 is 9.88 Å². The smallest absolute Gasteiger partial charge is 0.110 e. The van der Waals surface area contributed by atoms with Crippen LogP contribution in [0.2, 0.25) is 0 Å². The zero-order valence-corrected chi connectivity index (χ0v) is 12.1. The third-order valence-electron chi connectivity index (χ3n) is 4.92. The largest absolute Gasteiger partial charge is 0.335 e. The first-order valence-corrected chi connectivity index (χ1v) is 7.43. The average Bonchev–Trinajstić information content (AvgIpc) is 3.05. The van der Waals surface area contributed by atoms with Crippen molar-refractivity contribution >= 4 is 0 Å². The van der Waals surface area contributed by atoms with E-state index in [0.717, 1.165) is 13.0 Å². The van der Waals surface area contributed by atoms with Crippen molar-refractivity contribution in [3.8, 4) is 0 Å². The summed E-state index contributed by atoms with van der Waals surface area (Å²) in [4.78, 5) is 4.53. The molecule has 1 aliphatic carbocycles. The zero-order valence-electron chi connectivity index (χ0n) is 12.1. The summed E-state index contributed by atoms with van der Waals surface area (Å²) in [7, 11) is 2.11. The van der Waals surface area contributed by atoms with Crippen LogP contribution >= 0.6 is 0 Å². The number of aromatic nitrogens is 2. The maximum Gasteiger partial charge on any atom is 0.110 e. The fourth-order valence-electron chi connectivity index (χ4n) is 3.65. The Balaban J connectivity index is 2.13. The number of hydrogen-bond acceptors (Lipinski definition) is 2. The van der Waals surface area contributed by atoms with Crippen LogP contribution in [0.25, 0.3) is 0 Å². The van der Waals surface area contributed by atoms with E-state index in [1.165, 1.54) is 37.9 Å². The quantitative estimate of drug-likeness (QED) is 0.840. The van der Waals surface area contributed by atoms with Crippen molar-refractivity contribution in [3.05, 3.63) is 18.2 Å². The first-order chi connectivity index (χ1) is 8.75. The van der Waals surface area contributed by atoms with E-state index >= 15 is 0 Å². The van der Waals surface area contributed by atoms with Crippen LogP contribution in [0.15, 0.2) is 12.4 Å². The predicted molar refractivity (Wildman–Crippen MR) is 75.6 cm³/mol. The minimum atomic E-state index is 0.499. The Bertz CT molecular complexity index is 364. The molecule has 1 unspecified atom stereocenters. The van der Waals surface area contributed by atoms with Gasteiger partial charge in [0, 0.05) is 31.4 Å². The van der Waals surface area contributed by atoms with Gasteiger partial charge in [-0.3, -0.25) is 0 Å². The molecule has 1 N–H and O–H groups in total. The minimum Gasteiger partial charge on any atom is -0.335 e. The number of rotatable bonds is 6. The summed E-state index contributed by atoms with van der Waals surface area (Å²) in [5.74, 6) is 1.23. The Morgan fingerprint density at radius 3 is 2.67 bits per heavy atom. The molecule has 3 heteroatoms. The molecule has 102 valence electrons. The summed E-state index contributed by atoms with van der Waals surface area (Å²) in [5.41, 5.74) is 0.499. The Hall–Kier alpha value is -0.830. The van der Waals surface area contributed by atoms with Crippen LogP contribution in [0.4, 0.5) is 0 Å². The molecule has 0 aliphatic heterocycles. The molecule has 0 bridgehead atoms. The Morgan fingerprint density at radius 2 is 2.11 bits per heavy atom. The van der Waals surface area contributed by atoms with Gasteiger partial charge in [0.25, 0.3) is 0 Å². The van der Waals surface area contributed by atoms with Gasteiger partial charge in [0.05, 0.1) is 0 Å². The molecular formula is C15H27N3. The highest BCUT2D eigenvalue weighted by Crippen LogP contribution is 2.44. The summed E-state index contributed by atoms with van der Waals surface area (Å²) < 4.78 is 2.27. The molecule has 1 saturated carbocycles. The number of likely N-dealkylation sites (N-methyl/N-ethyl adjacent to an activating group) is 1. The molecule has 0 amide bonds. The number of nitrogens with one attached hydrogen (secondary N) is 1. The minimum absolute atomic E-state index is 0.499. The van der Waals surface area contributed by atoms with E-state index in [2.05, 4.69) is 42.0 Å². The SMILES string of the molecule is CCn1ccnc1CC(NC)C1(CC)CCCC1. The van der Waals surface area contributed by atoms with Crippen molar-refractivity contribution in [3.63, 3.8) is 0 Å². The van der Waals surface area contributed by atoms with Gasteiger partial charge in [-0.1, -0.05) is 19.8 Å². The summed E-state index contributed by atoms with van der Waals surface area (Å²) >= 11 is 0. The van der Waals surface area contributed by atoms with E-state index in [1.807, 2.05) is 6.20 Å².